The smallest absolute Gasteiger partial charge is 0.416 e. The van der Waals surface area contributed by atoms with Gasteiger partial charge < -0.3 is 9.84 Å². The van der Waals surface area contributed by atoms with Crippen molar-refractivity contribution in [3.8, 4) is 0 Å². The molecule has 0 unspecified atom stereocenters. The number of carbonyl (C=O) groups is 2. The summed E-state index contributed by atoms with van der Waals surface area (Å²) in [5, 5.41) is 8.41. The number of carboxylic acid groups (broad SMARTS) is 1. The van der Waals surface area contributed by atoms with Gasteiger partial charge in [-0.3, -0.25) is 0 Å². The topological polar surface area (TPSA) is 63.6 Å². The van der Waals surface area contributed by atoms with Crippen LogP contribution in [0.2, 0.25) is 0 Å². The van der Waals surface area contributed by atoms with E-state index in [9.17, 15) is 27.2 Å². The van der Waals surface area contributed by atoms with Gasteiger partial charge in [-0.05, 0) is 36.8 Å². The summed E-state index contributed by atoms with van der Waals surface area (Å²) in [6.07, 6.45) is -4.49. The van der Waals surface area contributed by atoms with Crippen LogP contribution in [-0.2, 0) is 17.6 Å². The van der Waals surface area contributed by atoms with E-state index in [4.69, 9.17) is 9.84 Å². The summed E-state index contributed by atoms with van der Waals surface area (Å²) < 4.78 is 53.3. The van der Waals surface area contributed by atoms with Crippen molar-refractivity contribution < 1.29 is 37.0 Å². The highest BCUT2D eigenvalue weighted by molar-refractivity contribution is 5.91. The molecule has 0 saturated carbocycles. The van der Waals surface area contributed by atoms with Crippen LogP contribution in [0.1, 0.15) is 38.8 Å². The quantitative estimate of drug-likeness (QED) is 0.622. The zero-order valence-corrected chi connectivity index (χ0v) is 13.7. The second-order valence-electron chi connectivity index (χ2n) is 4.89. The molecular formula is C18H16F4O4. The van der Waals surface area contributed by atoms with Crippen molar-refractivity contribution in [2.24, 2.45) is 0 Å². The van der Waals surface area contributed by atoms with Crippen molar-refractivity contribution in [1.82, 2.24) is 0 Å². The third-order valence-electron chi connectivity index (χ3n) is 3.09. The Kier molecular flexibility index (Phi) is 7.77. The summed E-state index contributed by atoms with van der Waals surface area (Å²) in [5.74, 6) is -1.83. The summed E-state index contributed by atoms with van der Waals surface area (Å²) in [6, 6.07) is 10.1. The first-order valence-electron chi connectivity index (χ1n) is 7.42. The molecule has 140 valence electrons. The molecule has 8 heteroatoms. The van der Waals surface area contributed by atoms with E-state index in [1.807, 2.05) is 0 Å². The second kappa shape index (κ2) is 9.55. The largest absolute Gasteiger partial charge is 0.478 e. The van der Waals surface area contributed by atoms with E-state index in [-0.39, 0.29) is 5.56 Å². The number of hydrogen-bond acceptors (Lipinski definition) is 3. The molecule has 26 heavy (non-hydrogen) atoms. The van der Waals surface area contributed by atoms with Gasteiger partial charge in [0, 0.05) is 0 Å². The number of carbonyl (C=O) groups excluding carboxylic acids is 1. The molecule has 0 aromatic heterocycles. The average molecular weight is 372 g/mol. The zero-order valence-electron chi connectivity index (χ0n) is 13.7. The number of benzene rings is 2. The lowest BCUT2D eigenvalue weighted by molar-refractivity contribution is -0.137. The number of esters is 1. The van der Waals surface area contributed by atoms with Gasteiger partial charge in [0.1, 0.15) is 6.67 Å². The minimum absolute atomic E-state index is 0.305. The van der Waals surface area contributed by atoms with Gasteiger partial charge in [-0.1, -0.05) is 24.3 Å². The van der Waals surface area contributed by atoms with Crippen molar-refractivity contribution in [2.45, 2.75) is 19.8 Å². The fourth-order valence-electron chi connectivity index (χ4n) is 1.87. The lowest BCUT2D eigenvalue weighted by atomic mass is 10.1. The normalized spacial score (nSPS) is 10.5. The zero-order chi connectivity index (χ0) is 19.7. The van der Waals surface area contributed by atoms with Gasteiger partial charge in [0.25, 0.3) is 0 Å². The molecule has 2 rings (SSSR count). The average Bonchev–Trinajstić information content (AvgIpc) is 2.61. The maximum atomic E-state index is 12.4. The van der Waals surface area contributed by atoms with Gasteiger partial charge in [0.15, 0.2) is 0 Å². The van der Waals surface area contributed by atoms with Gasteiger partial charge in [0.05, 0.1) is 23.3 Å². The Morgan fingerprint density at radius 2 is 1.73 bits per heavy atom. The van der Waals surface area contributed by atoms with Crippen molar-refractivity contribution in [2.75, 3.05) is 6.61 Å². The molecule has 0 fully saturated rings. The Morgan fingerprint density at radius 1 is 1.08 bits per heavy atom. The third-order valence-corrected chi connectivity index (χ3v) is 3.09. The van der Waals surface area contributed by atoms with Gasteiger partial charge >= 0.3 is 18.1 Å². The number of ether oxygens (including phenoxy) is 1. The monoisotopic (exact) mass is 372 g/mol. The first-order valence-corrected chi connectivity index (χ1v) is 7.42. The van der Waals surface area contributed by atoms with Gasteiger partial charge in [-0.25, -0.2) is 14.0 Å². The fourth-order valence-corrected chi connectivity index (χ4v) is 1.87. The van der Waals surface area contributed by atoms with Crippen LogP contribution in [0.4, 0.5) is 17.6 Å². The predicted molar refractivity (Wildman–Crippen MR) is 85.6 cm³/mol. The SMILES string of the molecule is CCOC(=O)c1ccccc1CF.O=C(O)c1cccc(C(F)(F)F)c1. The van der Waals surface area contributed by atoms with E-state index in [1.165, 1.54) is 0 Å². The Labute approximate surface area is 147 Å². The van der Waals surface area contributed by atoms with Crippen LogP contribution in [0.5, 0.6) is 0 Å². The number of aromatic carboxylic acids is 1. The van der Waals surface area contributed by atoms with Crippen LogP contribution in [-0.4, -0.2) is 23.7 Å². The molecule has 4 nitrogen and oxygen atoms in total. The van der Waals surface area contributed by atoms with E-state index in [1.54, 1.807) is 31.2 Å². The first-order chi connectivity index (χ1) is 12.2. The lowest BCUT2D eigenvalue weighted by Gasteiger charge is -2.06. The van der Waals surface area contributed by atoms with Crippen LogP contribution in [0.25, 0.3) is 0 Å². The van der Waals surface area contributed by atoms with E-state index >= 15 is 0 Å². The van der Waals surface area contributed by atoms with Crippen molar-refractivity contribution in [1.29, 1.82) is 0 Å². The Hall–Kier alpha value is -2.90. The minimum Gasteiger partial charge on any atom is -0.478 e. The van der Waals surface area contributed by atoms with E-state index in [2.05, 4.69) is 0 Å². The molecule has 2 aromatic carbocycles. The van der Waals surface area contributed by atoms with Crippen LogP contribution in [0.15, 0.2) is 48.5 Å². The molecular weight excluding hydrogens is 356 g/mol. The highest BCUT2D eigenvalue weighted by Crippen LogP contribution is 2.29. The number of halogens is 4. The van der Waals surface area contributed by atoms with Crippen molar-refractivity contribution >= 4 is 11.9 Å². The molecule has 0 radical (unpaired) electrons. The van der Waals surface area contributed by atoms with Gasteiger partial charge in [-0.2, -0.15) is 13.2 Å². The standard InChI is InChI=1S/C10H11FO2.C8H5F3O2/c1-2-13-10(12)9-6-4-3-5-8(9)7-11;9-8(10,11)6-3-1-2-5(4-6)7(12)13/h3-6H,2,7H2,1H3;1-4H,(H,12,13). The van der Waals surface area contributed by atoms with Crippen molar-refractivity contribution in [3.05, 3.63) is 70.8 Å². The number of carboxylic acids is 1. The maximum absolute atomic E-state index is 12.4. The minimum atomic E-state index is -4.49. The maximum Gasteiger partial charge on any atom is 0.416 e. The third kappa shape index (κ3) is 6.19. The number of alkyl halides is 4. The first kappa shape index (κ1) is 21.1. The highest BCUT2D eigenvalue weighted by atomic mass is 19.4. The summed E-state index contributed by atoms with van der Waals surface area (Å²) in [4.78, 5) is 21.5. The van der Waals surface area contributed by atoms with E-state index in [0.717, 1.165) is 18.2 Å². The molecule has 1 N–H and O–H groups in total. The highest BCUT2D eigenvalue weighted by Gasteiger charge is 2.30. The molecule has 0 spiro atoms. The summed E-state index contributed by atoms with van der Waals surface area (Å²) in [6.45, 7) is 1.38. The Balaban J connectivity index is 0.000000260. The molecule has 0 saturated heterocycles. The Bertz CT molecular complexity index is 757. The van der Waals surface area contributed by atoms with Crippen LogP contribution < -0.4 is 0 Å². The molecule has 2 aromatic rings. The van der Waals surface area contributed by atoms with Crippen LogP contribution in [0, 0.1) is 0 Å². The number of rotatable bonds is 4. The number of hydrogen-bond donors (Lipinski definition) is 1. The summed E-state index contributed by atoms with van der Waals surface area (Å²) in [5.41, 5.74) is -0.630. The summed E-state index contributed by atoms with van der Waals surface area (Å²) in [7, 11) is 0. The molecule has 0 aliphatic rings. The predicted octanol–water partition coefficient (Wildman–Crippen LogP) is 4.74. The van der Waals surface area contributed by atoms with Crippen LogP contribution >= 0.6 is 0 Å². The molecule has 0 aliphatic carbocycles. The summed E-state index contributed by atoms with van der Waals surface area (Å²) >= 11 is 0. The van der Waals surface area contributed by atoms with Gasteiger partial charge in [0.2, 0.25) is 0 Å². The van der Waals surface area contributed by atoms with Gasteiger partial charge in [-0.15, -0.1) is 0 Å². The fraction of sp³-hybridized carbons (Fsp3) is 0.222. The second-order valence-corrected chi connectivity index (χ2v) is 4.89. The molecule has 0 atom stereocenters. The lowest BCUT2D eigenvalue weighted by Crippen LogP contribution is -2.07. The van der Waals surface area contributed by atoms with E-state index in [0.29, 0.717) is 23.8 Å². The van der Waals surface area contributed by atoms with E-state index < -0.39 is 30.4 Å². The molecule has 0 bridgehead atoms. The van der Waals surface area contributed by atoms with Crippen molar-refractivity contribution in [3.63, 3.8) is 0 Å². The van der Waals surface area contributed by atoms with Crippen LogP contribution in [0.3, 0.4) is 0 Å². The molecule has 0 heterocycles. The molecule has 0 amide bonds. The molecule has 0 aliphatic heterocycles. The Morgan fingerprint density at radius 3 is 2.27 bits per heavy atom.